The second-order valence-electron chi connectivity index (χ2n) is 8.03. The summed E-state index contributed by atoms with van der Waals surface area (Å²) in [5.74, 6) is 0.309. The van der Waals surface area contributed by atoms with Crippen LogP contribution in [0.2, 0.25) is 0 Å². The summed E-state index contributed by atoms with van der Waals surface area (Å²) < 4.78 is 24.3. The van der Waals surface area contributed by atoms with Gasteiger partial charge < -0.3 is 29.4 Å². The lowest BCUT2D eigenvalue weighted by molar-refractivity contribution is -0.333. The molecule has 6 atom stereocenters. The quantitative estimate of drug-likeness (QED) is 0.656. The molecule has 2 heterocycles. The number of carbonyl (C=O) groups excluding carboxylic acids is 1. The van der Waals surface area contributed by atoms with Gasteiger partial charge in [0, 0.05) is 17.9 Å². The molecule has 2 fully saturated rings. The van der Waals surface area contributed by atoms with Crippen LogP contribution >= 0.6 is 0 Å². The number of rotatable bonds is 4. The monoisotopic (exact) mass is 435 g/mol. The smallest absolute Gasteiger partial charge is 0.223 e. The Morgan fingerprint density at radius 2 is 1.75 bits per heavy atom. The van der Waals surface area contributed by atoms with Gasteiger partial charge in [0.15, 0.2) is 6.29 Å². The summed E-state index contributed by atoms with van der Waals surface area (Å²) in [6, 6.07) is 22.3. The number of hydrogen-bond acceptors (Lipinski definition) is 6. The maximum absolute atomic E-state index is 11.9. The average Bonchev–Trinajstić information content (AvgIpc) is 2.82. The van der Waals surface area contributed by atoms with Gasteiger partial charge in [-0.05, 0) is 11.5 Å². The van der Waals surface area contributed by atoms with E-state index in [4.69, 9.17) is 18.9 Å². The highest BCUT2D eigenvalue weighted by Gasteiger charge is 2.50. The van der Waals surface area contributed by atoms with Crippen molar-refractivity contribution in [1.82, 2.24) is 5.32 Å². The molecule has 7 heteroatoms. The van der Waals surface area contributed by atoms with Crippen molar-refractivity contribution in [3.63, 3.8) is 0 Å². The predicted octanol–water partition coefficient (Wildman–Crippen LogP) is 2.92. The molecule has 166 valence electrons. The van der Waals surface area contributed by atoms with Gasteiger partial charge in [-0.1, -0.05) is 66.7 Å². The Morgan fingerprint density at radius 1 is 1.00 bits per heavy atom. The SMILES string of the molecule is CC(=O)N[C@H]1[C@H](Oc2cccc3ccccc23)O[C@@H]2CO[C@H](c3ccccc3)O[C@H]2[C@@H]1O. The number of fused-ring (bicyclic) bond motifs is 2. The first-order valence-electron chi connectivity index (χ1n) is 10.7. The Labute approximate surface area is 185 Å². The molecule has 2 aliphatic heterocycles. The van der Waals surface area contributed by atoms with Crippen LogP contribution in [0, 0.1) is 0 Å². The maximum atomic E-state index is 11.9. The Morgan fingerprint density at radius 3 is 2.56 bits per heavy atom. The molecule has 2 N–H and O–H groups in total. The summed E-state index contributed by atoms with van der Waals surface area (Å²) >= 11 is 0. The zero-order chi connectivity index (χ0) is 22.1. The summed E-state index contributed by atoms with van der Waals surface area (Å²) in [6.07, 6.45) is -3.81. The molecule has 0 unspecified atom stereocenters. The van der Waals surface area contributed by atoms with Gasteiger partial charge >= 0.3 is 0 Å². The molecule has 7 nitrogen and oxygen atoms in total. The molecule has 5 rings (SSSR count). The fourth-order valence-electron chi connectivity index (χ4n) is 4.28. The first-order chi connectivity index (χ1) is 15.6. The molecule has 0 spiro atoms. The Kier molecular flexibility index (Phi) is 5.80. The van der Waals surface area contributed by atoms with Gasteiger partial charge in [-0.2, -0.15) is 0 Å². The Hall–Kier alpha value is -2.97. The number of carbonyl (C=O) groups is 1. The van der Waals surface area contributed by atoms with E-state index in [-0.39, 0.29) is 12.5 Å². The van der Waals surface area contributed by atoms with E-state index in [1.165, 1.54) is 6.92 Å². The van der Waals surface area contributed by atoms with E-state index in [0.29, 0.717) is 5.75 Å². The topological polar surface area (TPSA) is 86.3 Å². The molecular weight excluding hydrogens is 410 g/mol. The van der Waals surface area contributed by atoms with Gasteiger partial charge in [0.1, 0.15) is 30.1 Å². The van der Waals surface area contributed by atoms with E-state index in [1.807, 2.05) is 72.8 Å². The molecule has 0 bridgehead atoms. The second-order valence-corrected chi connectivity index (χ2v) is 8.03. The second kappa shape index (κ2) is 8.88. The van der Waals surface area contributed by atoms with Crippen molar-refractivity contribution in [3.8, 4) is 5.75 Å². The van der Waals surface area contributed by atoms with Crippen molar-refractivity contribution in [1.29, 1.82) is 0 Å². The van der Waals surface area contributed by atoms with Crippen molar-refractivity contribution in [2.75, 3.05) is 6.61 Å². The summed E-state index contributed by atoms with van der Waals surface area (Å²) in [5, 5.41) is 15.9. The molecule has 0 aromatic heterocycles. The van der Waals surface area contributed by atoms with Crippen molar-refractivity contribution >= 4 is 16.7 Å². The lowest BCUT2D eigenvalue weighted by Gasteiger charge is -2.47. The number of amides is 1. The highest BCUT2D eigenvalue weighted by Crippen LogP contribution is 2.36. The van der Waals surface area contributed by atoms with Crippen LogP contribution in [0.3, 0.4) is 0 Å². The molecule has 0 saturated carbocycles. The van der Waals surface area contributed by atoms with Gasteiger partial charge in [-0.15, -0.1) is 0 Å². The highest BCUT2D eigenvalue weighted by atomic mass is 16.7. The molecule has 2 aliphatic rings. The molecule has 0 radical (unpaired) electrons. The van der Waals surface area contributed by atoms with Gasteiger partial charge in [-0.25, -0.2) is 0 Å². The number of aliphatic hydroxyl groups is 1. The van der Waals surface area contributed by atoms with Crippen LogP contribution in [0.4, 0.5) is 0 Å². The molecule has 3 aromatic rings. The lowest BCUT2D eigenvalue weighted by Crippen LogP contribution is -2.67. The fraction of sp³-hybridized carbons (Fsp3) is 0.320. The molecule has 1 amide bonds. The molecular formula is C25H25NO6. The first kappa shape index (κ1) is 20.9. The average molecular weight is 435 g/mol. The van der Waals surface area contributed by atoms with Crippen LogP contribution in [-0.4, -0.2) is 48.3 Å². The minimum absolute atomic E-state index is 0.226. The lowest BCUT2D eigenvalue weighted by atomic mass is 9.95. The van der Waals surface area contributed by atoms with Gasteiger partial charge in [-0.3, -0.25) is 4.79 Å². The number of nitrogens with one attached hydrogen (secondary N) is 1. The van der Waals surface area contributed by atoms with Gasteiger partial charge in [0.2, 0.25) is 12.2 Å². The number of hydrogen-bond donors (Lipinski definition) is 2. The maximum Gasteiger partial charge on any atom is 0.223 e. The van der Waals surface area contributed by atoms with Crippen molar-refractivity contribution in [3.05, 3.63) is 78.4 Å². The van der Waals surface area contributed by atoms with Crippen LogP contribution in [0.5, 0.6) is 5.75 Å². The van der Waals surface area contributed by atoms with Crippen LogP contribution in [0.15, 0.2) is 72.8 Å². The summed E-state index contributed by atoms with van der Waals surface area (Å²) in [7, 11) is 0. The van der Waals surface area contributed by atoms with E-state index in [1.54, 1.807) is 0 Å². The number of benzene rings is 3. The third-order valence-corrected chi connectivity index (χ3v) is 5.80. The third kappa shape index (κ3) is 4.08. The summed E-state index contributed by atoms with van der Waals surface area (Å²) in [5.41, 5.74) is 0.850. The van der Waals surface area contributed by atoms with E-state index < -0.39 is 36.9 Å². The number of aliphatic hydroxyl groups excluding tert-OH is 1. The van der Waals surface area contributed by atoms with Crippen molar-refractivity contribution in [2.45, 2.75) is 43.9 Å². The normalized spacial score (nSPS) is 29.8. The van der Waals surface area contributed by atoms with Crippen molar-refractivity contribution < 1.29 is 28.8 Å². The minimum atomic E-state index is -1.05. The van der Waals surface area contributed by atoms with Crippen LogP contribution in [0.1, 0.15) is 18.8 Å². The number of ether oxygens (including phenoxy) is 4. The van der Waals surface area contributed by atoms with Crippen LogP contribution < -0.4 is 10.1 Å². The standard InChI is InChI=1S/C25H25NO6/c1-15(27)26-21-22(28)23-20(14-29-24(32-23)17-9-3-2-4-10-17)31-25(21)30-19-13-7-11-16-8-5-6-12-18(16)19/h2-13,20-25,28H,14H2,1H3,(H,26,27)/t20-,21-,22-,23-,24+,25-/m1/s1. The summed E-state index contributed by atoms with van der Waals surface area (Å²) in [4.78, 5) is 11.9. The minimum Gasteiger partial charge on any atom is -0.462 e. The van der Waals surface area contributed by atoms with Crippen LogP contribution in [-0.2, 0) is 19.0 Å². The first-order valence-corrected chi connectivity index (χ1v) is 10.7. The summed E-state index contributed by atoms with van der Waals surface area (Å²) in [6.45, 7) is 1.62. The Balaban J connectivity index is 1.40. The van der Waals surface area contributed by atoms with Crippen LogP contribution in [0.25, 0.3) is 10.8 Å². The zero-order valence-electron chi connectivity index (χ0n) is 17.6. The van der Waals surface area contributed by atoms with E-state index >= 15 is 0 Å². The molecule has 32 heavy (non-hydrogen) atoms. The van der Waals surface area contributed by atoms with Crippen molar-refractivity contribution in [2.24, 2.45) is 0 Å². The fourth-order valence-corrected chi connectivity index (χ4v) is 4.28. The van der Waals surface area contributed by atoms with E-state index in [2.05, 4.69) is 5.32 Å². The van der Waals surface area contributed by atoms with Gasteiger partial charge in [0.25, 0.3) is 0 Å². The van der Waals surface area contributed by atoms with E-state index in [9.17, 15) is 9.90 Å². The van der Waals surface area contributed by atoms with E-state index in [0.717, 1.165) is 16.3 Å². The third-order valence-electron chi connectivity index (χ3n) is 5.80. The predicted molar refractivity (Wildman–Crippen MR) is 117 cm³/mol. The molecule has 3 aromatic carbocycles. The Bertz CT molecular complexity index is 1080. The zero-order valence-corrected chi connectivity index (χ0v) is 17.6. The highest BCUT2D eigenvalue weighted by molar-refractivity contribution is 5.88. The molecule has 2 saturated heterocycles. The molecule has 0 aliphatic carbocycles. The largest absolute Gasteiger partial charge is 0.462 e. The van der Waals surface area contributed by atoms with Gasteiger partial charge in [0.05, 0.1) is 6.61 Å².